The quantitative estimate of drug-likeness (QED) is 0.691. The second-order valence-corrected chi connectivity index (χ2v) is 4.68. The van der Waals surface area contributed by atoms with Crippen molar-refractivity contribution in [2.75, 3.05) is 6.61 Å². The summed E-state index contributed by atoms with van der Waals surface area (Å²) >= 11 is 0. The van der Waals surface area contributed by atoms with Crippen LogP contribution in [0.1, 0.15) is 10.5 Å². The molecule has 3 rings (SSSR count). The van der Waals surface area contributed by atoms with Gasteiger partial charge in [-0.05, 0) is 18.2 Å². The predicted octanol–water partition coefficient (Wildman–Crippen LogP) is 2.07. The van der Waals surface area contributed by atoms with Crippen molar-refractivity contribution >= 4 is 16.7 Å². The van der Waals surface area contributed by atoms with E-state index in [1.807, 2.05) is 6.07 Å². The molecule has 0 unspecified atom stereocenters. The molecule has 112 valence electrons. The molecule has 0 amide bonds. The highest BCUT2D eigenvalue weighted by Gasteiger charge is 2.18. The van der Waals surface area contributed by atoms with Crippen LogP contribution in [0.2, 0.25) is 0 Å². The van der Waals surface area contributed by atoms with Crippen LogP contribution in [-0.4, -0.2) is 22.4 Å². The van der Waals surface area contributed by atoms with E-state index in [1.54, 1.807) is 54.6 Å². The Morgan fingerprint density at radius 3 is 2.43 bits per heavy atom. The lowest BCUT2D eigenvalue weighted by Gasteiger charge is -2.10. The summed E-state index contributed by atoms with van der Waals surface area (Å²) in [6.45, 7) is -0.376. The number of nitriles is 1. The van der Waals surface area contributed by atoms with Gasteiger partial charge in [-0.2, -0.15) is 15.0 Å². The van der Waals surface area contributed by atoms with Crippen LogP contribution in [0.5, 0.6) is 0 Å². The molecule has 0 bridgehead atoms. The monoisotopic (exact) mass is 305 g/mol. The van der Waals surface area contributed by atoms with Crippen molar-refractivity contribution < 1.29 is 9.53 Å². The van der Waals surface area contributed by atoms with Crippen LogP contribution in [-0.2, 0) is 4.74 Å². The maximum absolute atomic E-state index is 12.6. The molecule has 23 heavy (non-hydrogen) atoms. The molecule has 0 aliphatic heterocycles. The zero-order chi connectivity index (χ0) is 16.2. The molecule has 6 nitrogen and oxygen atoms in total. The molecule has 1 heterocycles. The van der Waals surface area contributed by atoms with Crippen molar-refractivity contribution in [1.82, 2.24) is 9.78 Å². The number of carbonyl (C=O) groups excluding carboxylic acids is 1. The van der Waals surface area contributed by atoms with Crippen LogP contribution in [0.3, 0.4) is 0 Å². The van der Waals surface area contributed by atoms with Crippen molar-refractivity contribution in [3.8, 4) is 11.8 Å². The van der Waals surface area contributed by atoms with Crippen molar-refractivity contribution in [3.63, 3.8) is 0 Å². The third-order valence-corrected chi connectivity index (χ3v) is 3.27. The van der Waals surface area contributed by atoms with E-state index in [0.717, 1.165) is 4.68 Å². The summed E-state index contributed by atoms with van der Waals surface area (Å²) < 4.78 is 6.00. The van der Waals surface area contributed by atoms with Crippen molar-refractivity contribution in [2.45, 2.75) is 0 Å². The van der Waals surface area contributed by atoms with Gasteiger partial charge in [-0.1, -0.05) is 36.4 Å². The number of benzene rings is 2. The first kappa shape index (κ1) is 14.5. The highest BCUT2D eigenvalue weighted by atomic mass is 16.5. The molecule has 1 aromatic heterocycles. The van der Waals surface area contributed by atoms with Crippen molar-refractivity contribution in [1.29, 1.82) is 5.26 Å². The third kappa shape index (κ3) is 2.68. The van der Waals surface area contributed by atoms with E-state index in [-0.39, 0.29) is 17.9 Å². The summed E-state index contributed by atoms with van der Waals surface area (Å²) in [7, 11) is 0. The van der Waals surface area contributed by atoms with Crippen molar-refractivity contribution in [3.05, 3.63) is 70.6 Å². The average molecular weight is 305 g/mol. The normalized spacial score (nSPS) is 10.2. The Hall–Kier alpha value is -3.46. The number of para-hydroxylation sites is 1. The van der Waals surface area contributed by atoms with Gasteiger partial charge in [-0.3, -0.25) is 4.79 Å². The summed E-state index contributed by atoms with van der Waals surface area (Å²) in [6.07, 6.45) is 0. The number of aromatic nitrogens is 2. The minimum Gasteiger partial charge on any atom is -0.445 e. The number of hydrogen-bond acceptors (Lipinski definition) is 5. The molecule has 0 saturated heterocycles. The van der Waals surface area contributed by atoms with Gasteiger partial charge in [0.15, 0.2) is 12.3 Å². The van der Waals surface area contributed by atoms with E-state index in [1.165, 1.54) is 0 Å². The number of rotatable bonds is 3. The Labute approximate surface area is 131 Å². The van der Waals surface area contributed by atoms with Crippen LogP contribution in [0.15, 0.2) is 59.4 Å². The molecular weight excluding hydrogens is 294 g/mol. The molecule has 3 aromatic rings. The van der Waals surface area contributed by atoms with Crippen LogP contribution in [0, 0.1) is 11.3 Å². The van der Waals surface area contributed by atoms with Gasteiger partial charge >= 0.3 is 5.97 Å². The zero-order valence-electron chi connectivity index (χ0n) is 12.0. The van der Waals surface area contributed by atoms with Gasteiger partial charge in [-0.15, -0.1) is 0 Å². The van der Waals surface area contributed by atoms with Gasteiger partial charge in [0.05, 0.1) is 11.1 Å². The summed E-state index contributed by atoms with van der Waals surface area (Å²) in [5.74, 6) is -0.743. The van der Waals surface area contributed by atoms with Crippen molar-refractivity contribution in [2.24, 2.45) is 0 Å². The Balaban J connectivity index is 2.27. The molecule has 6 heteroatoms. The van der Waals surface area contributed by atoms with E-state index >= 15 is 0 Å². The van der Waals surface area contributed by atoms with E-state index in [9.17, 15) is 9.59 Å². The van der Waals surface area contributed by atoms with E-state index in [0.29, 0.717) is 16.5 Å². The molecule has 0 spiro atoms. The first-order valence-corrected chi connectivity index (χ1v) is 6.84. The first-order valence-electron chi connectivity index (χ1n) is 6.84. The SMILES string of the molecule is N#CCOC(=O)c1nn(-c2ccccc2)c(=O)c2ccccc12. The van der Waals surface area contributed by atoms with Gasteiger partial charge < -0.3 is 4.74 Å². The third-order valence-electron chi connectivity index (χ3n) is 3.27. The second kappa shape index (κ2) is 6.12. The van der Waals surface area contributed by atoms with Gasteiger partial charge in [0.1, 0.15) is 6.07 Å². The summed E-state index contributed by atoms with van der Waals surface area (Å²) in [6, 6.07) is 17.2. The molecule has 0 saturated carbocycles. The number of hydrogen-bond donors (Lipinski definition) is 0. The summed E-state index contributed by atoms with van der Waals surface area (Å²) in [4.78, 5) is 24.8. The van der Waals surface area contributed by atoms with E-state index in [2.05, 4.69) is 5.10 Å². The molecule has 0 fully saturated rings. The maximum Gasteiger partial charge on any atom is 0.360 e. The molecule has 0 atom stereocenters. The van der Waals surface area contributed by atoms with Gasteiger partial charge in [0.2, 0.25) is 0 Å². The van der Waals surface area contributed by atoms with Crippen LogP contribution >= 0.6 is 0 Å². The number of ether oxygens (including phenoxy) is 1. The maximum atomic E-state index is 12.6. The largest absolute Gasteiger partial charge is 0.445 e. The second-order valence-electron chi connectivity index (χ2n) is 4.68. The van der Waals surface area contributed by atoms with Gasteiger partial charge in [0, 0.05) is 5.39 Å². The number of nitrogens with zero attached hydrogens (tertiary/aromatic N) is 3. The fourth-order valence-electron chi connectivity index (χ4n) is 2.25. The minimum absolute atomic E-state index is 0.000645. The Morgan fingerprint density at radius 2 is 1.74 bits per heavy atom. The topological polar surface area (TPSA) is 85.0 Å². The molecule has 2 aromatic carbocycles. The van der Waals surface area contributed by atoms with E-state index in [4.69, 9.17) is 10.00 Å². The highest BCUT2D eigenvalue weighted by molar-refractivity contribution is 6.02. The lowest BCUT2D eigenvalue weighted by molar-refractivity contribution is 0.0548. The van der Waals surface area contributed by atoms with Gasteiger partial charge in [-0.25, -0.2) is 4.79 Å². The van der Waals surface area contributed by atoms with Crippen LogP contribution in [0.25, 0.3) is 16.5 Å². The number of fused-ring (bicyclic) bond motifs is 1. The average Bonchev–Trinajstić information content (AvgIpc) is 2.61. The lowest BCUT2D eigenvalue weighted by Crippen LogP contribution is -2.25. The summed E-state index contributed by atoms with van der Waals surface area (Å²) in [5, 5.41) is 13.4. The fourth-order valence-corrected chi connectivity index (χ4v) is 2.25. The smallest absolute Gasteiger partial charge is 0.360 e. The number of esters is 1. The standard InChI is InChI=1S/C17H11N3O3/c18-10-11-23-17(22)15-13-8-4-5-9-14(13)16(21)20(19-15)12-6-2-1-3-7-12/h1-9H,11H2. The zero-order valence-corrected chi connectivity index (χ0v) is 12.0. The molecule has 0 aliphatic carbocycles. The van der Waals surface area contributed by atoms with Crippen LogP contribution < -0.4 is 5.56 Å². The minimum atomic E-state index is -0.743. The predicted molar refractivity (Wildman–Crippen MR) is 83.2 cm³/mol. The molecule has 0 radical (unpaired) electrons. The highest BCUT2D eigenvalue weighted by Crippen LogP contribution is 2.16. The molecular formula is C17H11N3O3. The molecule has 0 aliphatic rings. The Morgan fingerprint density at radius 1 is 1.09 bits per heavy atom. The summed E-state index contributed by atoms with van der Waals surface area (Å²) in [5.41, 5.74) is 0.209. The lowest BCUT2D eigenvalue weighted by atomic mass is 10.1. The Bertz CT molecular complexity index is 972. The van der Waals surface area contributed by atoms with E-state index < -0.39 is 5.97 Å². The van der Waals surface area contributed by atoms with Crippen LogP contribution in [0.4, 0.5) is 0 Å². The fraction of sp³-hybridized carbons (Fsp3) is 0.0588. The van der Waals surface area contributed by atoms with Gasteiger partial charge in [0.25, 0.3) is 5.56 Å². The Kier molecular flexibility index (Phi) is 3.85. The first-order chi connectivity index (χ1) is 11.2. The number of carbonyl (C=O) groups is 1. The molecule has 0 N–H and O–H groups in total.